The van der Waals surface area contributed by atoms with Crippen molar-refractivity contribution in [3.05, 3.63) is 64.6 Å². The Balaban J connectivity index is 1.84. The first-order chi connectivity index (χ1) is 11.6. The van der Waals surface area contributed by atoms with Crippen molar-refractivity contribution in [3.63, 3.8) is 0 Å². The standard InChI is InChI=1S/C17H15ClN4O2/c1-11-16(22-10-13(18)7-8-15(22)20-11)17(23)21-19-9-12-5-3-4-6-14(12)24-2/h3-10H,1-2H3,(H,21,23). The summed E-state index contributed by atoms with van der Waals surface area (Å²) in [5, 5.41) is 4.52. The van der Waals surface area contributed by atoms with Gasteiger partial charge in [-0.15, -0.1) is 0 Å². The molecule has 122 valence electrons. The molecular weight excluding hydrogens is 328 g/mol. The van der Waals surface area contributed by atoms with Gasteiger partial charge in [0.05, 0.1) is 24.0 Å². The molecule has 1 aromatic carbocycles. The Bertz CT molecular complexity index is 933. The van der Waals surface area contributed by atoms with E-state index in [1.807, 2.05) is 24.3 Å². The molecule has 0 aliphatic heterocycles. The number of benzene rings is 1. The lowest BCUT2D eigenvalue weighted by Crippen LogP contribution is -2.20. The molecule has 2 heterocycles. The number of hydrogen-bond donors (Lipinski definition) is 1. The number of hydrogen-bond acceptors (Lipinski definition) is 4. The number of imidazole rings is 1. The number of nitrogens with zero attached hydrogens (tertiary/aromatic N) is 3. The number of carbonyl (C=O) groups excluding carboxylic acids is 1. The summed E-state index contributed by atoms with van der Waals surface area (Å²) >= 11 is 6.00. The number of hydrazone groups is 1. The average Bonchev–Trinajstić information content (AvgIpc) is 2.90. The Morgan fingerprint density at radius 1 is 1.33 bits per heavy atom. The summed E-state index contributed by atoms with van der Waals surface area (Å²) in [5.74, 6) is 0.307. The Labute approximate surface area is 143 Å². The zero-order valence-corrected chi connectivity index (χ0v) is 13.9. The number of fused-ring (bicyclic) bond motifs is 1. The fraction of sp³-hybridized carbons (Fsp3) is 0.118. The fourth-order valence-corrected chi connectivity index (χ4v) is 2.56. The van der Waals surface area contributed by atoms with Gasteiger partial charge in [-0.2, -0.15) is 5.10 Å². The Morgan fingerprint density at radius 3 is 2.92 bits per heavy atom. The lowest BCUT2D eigenvalue weighted by atomic mass is 10.2. The van der Waals surface area contributed by atoms with Gasteiger partial charge in [0.1, 0.15) is 17.1 Å². The summed E-state index contributed by atoms with van der Waals surface area (Å²) in [4.78, 5) is 16.8. The number of aromatic nitrogens is 2. The smallest absolute Gasteiger partial charge is 0.290 e. The molecule has 0 atom stereocenters. The number of pyridine rings is 1. The minimum Gasteiger partial charge on any atom is -0.496 e. The highest BCUT2D eigenvalue weighted by atomic mass is 35.5. The number of aryl methyl sites for hydroxylation is 1. The van der Waals surface area contributed by atoms with E-state index in [1.54, 1.807) is 36.8 Å². The molecule has 7 heteroatoms. The molecule has 0 fully saturated rings. The summed E-state index contributed by atoms with van der Waals surface area (Å²) in [6, 6.07) is 10.9. The Kier molecular flexibility index (Phi) is 4.48. The van der Waals surface area contributed by atoms with E-state index < -0.39 is 0 Å². The topological polar surface area (TPSA) is 68.0 Å². The largest absolute Gasteiger partial charge is 0.496 e. The highest BCUT2D eigenvalue weighted by Crippen LogP contribution is 2.17. The second-order valence-corrected chi connectivity index (χ2v) is 5.50. The maximum atomic E-state index is 12.4. The van der Waals surface area contributed by atoms with Gasteiger partial charge in [0, 0.05) is 11.8 Å². The molecule has 0 spiro atoms. The summed E-state index contributed by atoms with van der Waals surface area (Å²) in [6.45, 7) is 1.76. The molecule has 0 aliphatic rings. The first kappa shape index (κ1) is 16.0. The third kappa shape index (κ3) is 3.09. The number of ether oxygens (including phenoxy) is 1. The van der Waals surface area contributed by atoms with Gasteiger partial charge in [-0.05, 0) is 31.2 Å². The van der Waals surface area contributed by atoms with Gasteiger partial charge in [-0.3, -0.25) is 9.20 Å². The van der Waals surface area contributed by atoms with Crippen molar-refractivity contribution in [1.82, 2.24) is 14.8 Å². The minimum absolute atomic E-state index is 0.367. The maximum absolute atomic E-state index is 12.4. The number of methoxy groups -OCH3 is 1. The second-order valence-electron chi connectivity index (χ2n) is 5.06. The van der Waals surface area contributed by atoms with Crippen molar-refractivity contribution >= 4 is 29.4 Å². The van der Waals surface area contributed by atoms with Gasteiger partial charge in [0.25, 0.3) is 5.91 Å². The van der Waals surface area contributed by atoms with Crippen LogP contribution in [0.4, 0.5) is 0 Å². The molecule has 3 aromatic rings. The van der Waals surface area contributed by atoms with E-state index in [4.69, 9.17) is 16.3 Å². The lowest BCUT2D eigenvalue weighted by Gasteiger charge is -2.04. The van der Waals surface area contributed by atoms with Crippen LogP contribution in [0, 0.1) is 6.92 Å². The van der Waals surface area contributed by atoms with Crippen molar-refractivity contribution in [2.75, 3.05) is 7.11 Å². The number of halogens is 1. The van der Waals surface area contributed by atoms with Crippen LogP contribution in [0.1, 0.15) is 21.7 Å². The van der Waals surface area contributed by atoms with Crippen molar-refractivity contribution < 1.29 is 9.53 Å². The molecule has 0 saturated heterocycles. The van der Waals surface area contributed by atoms with E-state index >= 15 is 0 Å². The van der Waals surface area contributed by atoms with Gasteiger partial charge in [0.2, 0.25) is 0 Å². The van der Waals surface area contributed by atoms with Gasteiger partial charge in [-0.25, -0.2) is 10.4 Å². The number of amides is 1. The van der Waals surface area contributed by atoms with Crippen LogP contribution >= 0.6 is 11.6 Å². The zero-order chi connectivity index (χ0) is 17.1. The van der Waals surface area contributed by atoms with Crippen LogP contribution in [0.3, 0.4) is 0 Å². The van der Waals surface area contributed by atoms with E-state index in [-0.39, 0.29) is 5.91 Å². The molecule has 0 aliphatic carbocycles. The third-order valence-corrected chi connectivity index (χ3v) is 3.70. The van der Waals surface area contributed by atoms with Crippen LogP contribution in [0.2, 0.25) is 5.02 Å². The Morgan fingerprint density at radius 2 is 2.12 bits per heavy atom. The number of nitrogens with one attached hydrogen (secondary N) is 1. The van der Waals surface area contributed by atoms with Gasteiger partial charge >= 0.3 is 0 Å². The van der Waals surface area contributed by atoms with Crippen LogP contribution in [0.15, 0.2) is 47.7 Å². The van der Waals surface area contributed by atoms with Crippen LogP contribution in [0.25, 0.3) is 5.65 Å². The number of carbonyl (C=O) groups is 1. The van der Waals surface area contributed by atoms with E-state index in [2.05, 4.69) is 15.5 Å². The predicted molar refractivity (Wildman–Crippen MR) is 93.0 cm³/mol. The van der Waals surface area contributed by atoms with Crippen LogP contribution in [-0.4, -0.2) is 28.6 Å². The molecule has 1 amide bonds. The normalized spacial score (nSPS) is 11.1. The first-order valence-corrected chi connectivity index (χ1v) is 7.58. The third-order valence-electron chi connectivity index (χ3n) is 3.48. The predicted octanol–water partition coefficient (Wildman–Crippen LogP) is 3.07. The molecule has 0 radical (unpaired) electrons. The molecular formula is C17H15ClN4O2. The number of para-hydroxylation sites is 1. The molecule has 0 unspecified atom stereocenters. The monoisotopic (exact) mass is 342 g/mol. The zero-order valence-electron chi connectivity index (χ0n) is 13.2. The summed E-state index contributed by atoms with van der Waals surface area (Å²) in [5.41, 5.74) is 4.91. The van der Waals surface area contributed by atoms with Crippen molar-refractivity contribution in [2.24, 2.45) is 5.10 Å². The van der Waals surface area contributed by atoms with E-state index in [0.717, 1.165) is 5.56 Å². The van der Waals surface area contributed by atoms with Gasteiger partial charge < -0.3 is 4.74 Å². The van der Waals surface area contributed by atoms with Crippen LogP contribution in [0.5, 0.6) is 5.75 Å². The average molecular weight is 343 g/mol. The molecule has 24 heavy (non-hydrogen) atoms. The molecule has 1 N–H and O–H groups in total. The molecule has 0 bridgehead atoms. The molecule has 3 rings (SSSR count). The van der Waals surface area contributed by atoms with Crippen molar-refractivity contribution in [2.45, 2.75) is 6.92 Å². The van der Waals surface area contributed by atoms with Crippen molar-refractivity contribution in [3.8, 4) is 5.75 Å². The SMILES string of the molecule is COc1ccccc1C=NNC(=O)c1c(C)nc2ccc(Cl)cn12. The van der Waals surface area contributed by atoms with Gasteiger partial charge in [0.15, 0.2) is 0 Å². The summed E-state index contributed by atoms with van der Waals surface area (Å²) in [6.07, 6.45) is 3.18. The lowest BCUT2D eigenvalue weighted by molar-refractivity contribution is 0.0948. The maximum Gasteiger partial charge on any atom is 0.290 e. The quantitative estimate of drug-likeness (QED) is 0.585. The van der Waals surface area contributed by atoms with E-state index in [1.165, 1.54) is 6.21 Å². The van der Waals surface area contributed by atoms with E-state index in [0.29, 0.717) is 27.8 Å². The van der Waals surface area contributed by atoms with Crippen LogP contribution in [-0.2, 0) is 0 Å². The van der Waals surface area contributed by atoms with E-state index in [9.17, 15) is 4.79 Å². The van der Waals surface area contributed by atoms with Crippen LogP contribution < -0.4 is 10.2 Å². The van der Waals surface area contributed by atoms with Crippen molar-refractivity contribution in [1.29, 1.82) is 0 Å². The first-order valence-electron chi connectivity index (χ1n) is 7.21. The fourth-order valence-electron chi connectivity index (χ4n) is 2.40. The second kappa shape index (κ2) is 6.72. The molecule has 0 saturated carbocycles. The summed E-state index contributed by atoms with van der Waals surface area (Å²) < 4.78 is 6.88. The summed E-state index contributed by atoms with van der Waals surface area (Å²) in [7, 11) is 1.58. The minimum atomic E-state index is -0.367. The molecule has 2 aromatic heterocycles. The van der Waals surface area contributed by atoms with Gasteiger partial charge in [-0.1, -0.05) is 23.7 Å². The number of rotatable bonds is 4. The highest BCUT2D eigenvalue weighted by molar-refractivity contribution is 6.30. The highest BCUT2D eigenvalue weighted by Gasteiger charge is 2.16. The Hall–Kier alpha value is -2.86. The molecule has 6 nitrogen and oxygen atoms in total.